The van der Waals surface area contributed by atoms with E-state index in [4.69, 9.17) is 12.2 Å². The number of nitrogens with one attached hydrogen (secondary N) is 1. The molecule has 0 aromatic carbocycles. The van der Waals surface area contributed by atoms with Crippen LogP contribution in [-0.2, 0) is 13.1 Å². The smallest absolute Gasteiger partial charge is 0.177 e. The van der Waals surface area contributed by atoms with E-state index < -0.39 is 0 Å². The number of hydrogen-bond acceptors (Lipinski definition) is 2. The highest BCUT2D eigenvalue weighted by atomic mass is 32.1. The molecule has 2 rings (SSSR count). The Labute approximate surface area is 87.2 Å². The van der Waals surface area contributed by atoms with Crippen molar-refractivity contribution in [2.45, 2.75) is 20.0 Å². The van der Waals surface area contributed by atoms with E-state index in [0.717, 1.165) is 17.9 Å². The number of aromatic amines is 1. The van der Waals surface area contributed by atoms with Crippen LogP contribution in [0.25, 0.3) is 0 Å². The molecule has 0 aliphatic rings. The molecule has 0 saturated heterocycles. The van der Waals surface area contributed by atoms with Crippen LogP contribution in [0.1, 0.15) is 5.56 Å². The van der Waals surface area contributed by atoms with E-state index in [0.29, 0.717) is 0 Å². The van der Waals surface area contributed by atoms with E-state index in [1.54, 1.807) is 0 Å². The molecule has 5 heteroatoms. The minimum atomic E-state index is 0.758. The number of rotatable bonds is 3. The third-order valence-corrected chi connectivity index (χ3v) is 2.41. The Bertz CT molecular complexity index is 465. The second-order valence-corrected chi connectivity index (χ2v) is 3.63. The molecule has 0 aliphatic carbocycles. The van der Waals surface area contributed by atoms with Crippen molar-refractivity contribution in [1.82, 2.24) is 19.3 Å². The molecule has 0 radical (unpaired) electrons. The van der Waals surface area contributed by atoms with Crippen LogP contribution in [0, 0.1) is 11.7 Å². The van der Waals surface area contributed by atoms with Crippen LogP contribution < -0.4 is 0 Å². The molecule has 0 saturated carbocycles. The Hall–Kier alpha value is -1.36. The van der Waals surface area contributed by atoms with Crippen molar-refractivity contribution < 1.29 is 0 Å². The van der Waals surface area contributed by atoms with Gasteiger partial charge in [-0.15, -0.1) is 0 Å². The van der Waals surface area contributed by atoms with Crippen LogP contribution in [0.4, 0.5) is 0 Å². The van der Waals surface area contributed by atoms with Gasteiger partial charge in [0, 0.05) is 25.1 Å². The Morgan fingerprint density at radius 3 is 2.93 bits per heavy atom. The monoisotopic (exact) mass is 208 g/mol. The van der Waals surface area contributed by atoms with E-state index in [2.05, 4.69) is 10.1 Å². The maximum Gasteiger partial charge on any atom is 0.177 e. The van der Waals surface area contributed by atoms with Crippen molar-refractivity contribution in [2.24, 2.45) is 0 Å². The van der Waals surface area contributed by atoms with E-state index in [9.17, 15) is 0 Å². The van der Waals surface area contributed by atoms with Gasteiger partial charge in [-0.3, -0.25) is 4.68 Å². The molecule has 0 fully saturated rings. The predicted octanol–water partition coefficient (Wildman–Crippen LogP) is 1.75. The summed E-state index contributed by atoms with van der Waals surface area (Å²) in [5.41, 5.74) is 1.18. The Morgan fingerprint density at radius 1 is 1.50 bits per heavy atom. The number of imidazole rings is 1. The lowest BCUT2D eigenvalue weighted by atomic mass is 10.4. The van der Waals surface area contributed by atoms with Gasteiger partial charge in [0.1, 0.15) is 0 Å². The van der Waals surface area contributed by atoms with Gasteiger partial charge in [0.25, 0.3) is 0 Å². The summed E-state index contributed by atoms with van der Waals surface area (Å²) < 4.78 is 4.67. The molecular formula is C9H12N4S. The number of H-pyrrole nitrogens is 1. The molecule has 74 valence electrons. The number of nitrogens with zero attached hydrogens (tertiary/aromatic N) is 3. The molecule has 0 spiro atoms. The van der Waals surface area contributed by atoms with Gasteiger partial charge in [0.05, 0.1) is 12.7 Å². The van der Waals surface area contributed by atoms with Crippen LogP contribution in [0.5, 0.6) is 0 Å². The third-order valence-electron chi connectivity index (χ3n) is 2.05. The van der Waals surface area contributed by atoms with Crippen LogP contribution in [0.15, 0.2) is 24.8 Å². The number of hydrogen-bond donors (Lipinski definition) is 1. The molecule has 2 aromatic rings. The Morgan fingerprint density at radius 2 is 2.36 bits per heavy atom. The average molecular weight is 208 g/mol. The largest absolute Gasteiger partial charge is 0.337 e. The highest BCUT2D eigenvalue weighted by Crippen LogP contribution is 1.96. The van der Waals surface area contributed by atoms with Crippen molar-refractivity contribution in [1.29, 1.82) is 0 Å². The highest BCUT2D eigenvalue weighted by molar-refractivity contribution is 7.71. The minimum absolute atomic E-state index is 0.758. The van der Waals surface area contributed by atoms with Crippen molar-refractivity contribution in [3.63, 3.8) is 0 Å². The van der Waals surface area contributed by atoms with Gasteiger partial charge in [0.15, 0.2) is 4.77 Å². The normalized spacial score (nSPS) is 10.6. The topological polar surface area (TPSA) is 38.5 Å². The zero-order valence-electron chi connectivity index (χ0n) is 7.97. The molecule has 0 amide bonds. The fourth-order valence-electron chi connectivity index (χ4n) is 1.32. The predicted molar refractivity (Wildman–Crippen MR) is 56.6 cm³/mol. The molecule has 0 bridgehead atoms. The first-order valence-electron chi connectivity index (χ1n) is 4.48. The summed E-state index contributed by atoms with van der Waals surface area (Å²) in [6.45, 7) is 3.73. The molecule has 14 heavy (non-hydrogen) atoms. The molecular weight excluding hydrogens is 196 g/mol. The van der Waals surface area contributed by atoms with Crippen LogP contribution in [-0.4, -0.2) is 19.3 Å². The summed E-state index contributed by atoms with van der Waals surface area (Å²) in [7, 11) is 0. The fraction of sp³-hybridized carbons (Fsp3) is 0.333. The van der Waals surface area contributed by atoms with E-state index in [-0.39, 0.29) is 0 Å². The Kier molecular flexibility index (Phi) is 2.49. The van der Waals surface area contributed by atoms with Crippen molar-refractivity contribution in [3.8, 4) is 0 Å². The maximum absolute atomic E-state index is 5.08. The molecule has 0 atom stereocenters. The Balaban J connectivity index is 2.01. The average Bonchev–Trinajstić information content (AvgIpc) is 2.72. The molecule has 4 nitrogen and oxygen atoms in total. The van der Waals surface area contributed by atoms with Gasteiger partial charge in [-0.1, -0.05) is 0 Å². The van der Waals surface area contributed by atoms with Gasteiger partial charge in [-0.2, -0.15) is 5.10 Å². The first kappa shape index (κ1) is 9.21. The van der Waals surface area contributed by atoms with Crippen molar-refractivity contribution >= 4 is 12.2 Å². The summed E-state index contributed by atoms with van der Waals surface area (Å²) in [4.78, 5) is 2.96. The lowest BCUT2D eigenvalue weighted by molar-refractivity contribution is 0.530. The van der Waals surface area contributed by atoms with Crippen LogP contribution in [0.3, 0.4) is 0 Å². The fourth-order valence-corrected chi connectivity index (χ4v) is 1.54. The van der Waals surface area contributed by atoms with Crippen LogP contribution >= 0.6 is 12.2 Å². The van der Waals surface area contributed by atoms with Crippen molar-refractivity contribution in [2.75, 3.05) is 0 Å². The van der Waals surface area contributed by atoms with Gasteiger partial charge in [0.2, 0.25) is 0 Å². The second kappa shape index (κ2) is 3.79. The van der Waals surface area contributed by atoms with E-state index in [1.165, 1.54) is 5.56 Å². The van der Waals surface area contributed by atoms with E-state index >= 15 is 0 Å². The third kappa shape index (κ3) is 1.93. The molecule has 0 unspecified atom stereocenters. The summed E-state index contributed by atoms with van der Waals surface area (Å²) in [6, 6.07) is 0. The molecule has 0 aliphatic heterocycles. The number of aromatic nitrogens is 4. The molecule has 1 N–H and O–H groups in total. The maximum atomic E-state index is 5.08. The van der Waals surface area contributed by atoms with Gasteiger partial charge >= 0.3 is 0 Å². The summed E-state index contributed by atoms with van der Waals surface area (Å²) in [6.07, 6.45) is 7.67. The molecule has 2 heterocycles. The zero-order chi connectivity index (χ0) is 9.97. The van der Waals surface area contributed by atoms with Gasteiger partial charge < -0.3 is 9.55 Å². The minimum Gasteiger partial charge on any atom is -0.337 e. The van der Waals surface area contributed by atoms with Crippen LogP contribution in [0.2, 0.25) is 0 Å². The number of aryl methyl sites for hydroxylation is 3. The van der Waals surface area contributed by atoms with Crippen molar-refractivity contribution in [3.05, 3.63) is 35.1 Å². The summed E-state index contributed by atoms with van der Waals surface area (Å²) >= 11 is 5.08. The second-order valence-electron chi connectivity index (χ2n) is 3.24. The highest BCUT2D eigenvalue weighted by Gasteiger charge is 1.95. The summed E-state index contributed by atoms with van der Waals surface area (Å²) in [5, 5.41) is 4.20. The standard InChI is InChI=1S/C9H12N4S/c1-8-6-11-13(7-8)5-4-12-3-2-10-9(12)14/h2-3,6-7H,4-5H2,1H3,(H,10,14). The first-order valence-corrected chi connectivity index (χ1v) is 4.89. The molecule has 2 aromatic heterocycles. The van der Waals surface area contributed by atoms with Gasteiger partial charge in [-0.05, 0) is 24.7 Å². The summed E-state index contributed by atoms with van der Waals surface area (Å²) in [5.74, 6) is 0. The lowest BCUT2D eigenvalue weighted by Crippen LogP contribution is -2.06. The quantitative estimate of drug-likeness (QED) is 0.780. The van der Waals surface area contributed by atoms with Gasteiger partial charge in [-0.25, -0.2) is 0 Å². The first-order chi connectivity index (χ1) is 6.75. The SMILES string of the molecule is Cc1cnn(CCn2cc[nH]c2=S)c1. The lowest BCUT2D eigenvalue weighted by Gasteiger charge is -2.02. The zero-order valence-corrected chi connectivity index (χ0v) is 8.79. The van der Waals surface area contributed by atoms with E-state index in [1.807, 2.05) is 41.0 Å².